The third-order valence-electron chi connectivity index (χ3n) is 1.54. The number of carbonyl (C=O) groups excluding carboxylic acids is 2. The minimum absolute atomic E-state index is 0. The first-order valence-corrected chi connectivity index (χ1v) is 3.42. The van der Waals surface area contributed by atoms with E-state index < -0.39 is 34.6 Å². The molecule has 6 nitrogen and oxygen atoms in total. The molecule has 0 aliphatic carbocycles. The molecule has 1 rings (SSSR count). The van der Waals surface area contributed by atoms with E-state index in [4.69, 9.17) is 10.2 Å². The molecule has 15 heavy (non-hydrogen) atoms. The number of carboxylic acids is 2. The fraction of sp³-hybridized carbons (Fsp3) is 0. The molecule has 0 saturated heterocycles. The molecular weight excluding hydrogens is 216 g/mol. The Balaban J connectivity index is 0.00000196. The van der Waals surface area contributed by atoms with Crippen LogP contribution in [0.2, 0.25) is 0 Å². The van der Waals surface area contributed by atoms with E-state index in [2.05, 4.69) is 0 Å². The maximum Gasteiger partial charge on any atom is 2.00 e. The van der Waals surface area contributed by atoms with Crippen molar-refractivity contribution in [3.8, 4) is 11.5 Å². The van der Waals surface area contributed by atoms with Gasteiger partial charge in [-0.2, -0.15) is 0 Å². The van der Waals surface area contributed by atoms with Gasteiger partial charge in [-0.15, -0.1) is 0 Å². The number of carbonyl (C=O) groups is 2. The minimum Gasteiger partial charge on any atom is -0.545 e. The van der Waals surface area contributed by atoms with Crippen LogP contribution in [0.25, 0.3) is 0 Å². The molecule has 0 saturated carbocycles. The zero-order valence-corrected chi connectivity index (χ0v) is 8.80. The van der Waals surface area contributed by atoms with Crippen molar-refractivity contribution in [1.82, 2.24) is 0 Å². The van der Waals surface area contributed by atoms with E-state index >= 15 is 0 Å². The molecule has 0 fully saturated rings. The smallest absolute Gasteiger partial charge is 0.545 e. The maximum atomic E-state index is 10.3. The van der Waals surface area contributed by atoms with Crippen molar-refractivity contribution in [2.75, 3.05) is 0 Å². The zero-order chi connectivity index (χ0) is 10.9. The molecule has 1 aromatic rings. The summed E-state index contributed by atoms with van der Waals surface area (Å²) in [5.41, 5.74) is -1.38. The van der Waals surface area contributed by atoms with Gasteiger partial charge in [0.2, 0.25) is 0 Å². The number of aromatic carboxylic acids is 2. The van der Waals surface area contributed by atoms with Crippen LogP contribution in [-0.2, 0) is 0 Å². The number of hydrogen-bond donors (Lipinski definition) is 2. The summed E-state index contributed by atoms with van der Waals surface area (Å²) in [6.07, 6.45) is 0. The van der Waals surface area contributed by atoms with Crippen LogP contribution < -0.4 is 10.2 Å². The molecule has 1 aromatic carbocycles. The summed E-state index contributed by atoms with van der Waals surface area (Å²) in [6, 6.07) is 1.31. The van der Waals surface area contributed by atoms with Gasteiger partial charge in [0.15, 0.2) is 0 Å². The summed E-state index contributed by atoms with van der Waals surface area (Å²) in [5, 5.41) is 38.7. The molecule has 0 amide bonds. The predicted molar refractivity (Wildman–Crippen MR) is 44.2 cm³/mol. The van der Waals surface area contributed by atoms with E-state index in [0.717, 1.165) is 0 Å². The second kappa shape index (κ2) is 4.85. The fourth-order valence-corrected chi connectivity index (χ4v) is 0.939. The summed E-state index contributed by atoms with van der Waals surface area (Å²) < 4.78 is 0. The Morgan fingerprint density at radius 1 is 1.00 bits per heavy atom. The summed E-state index contributed by atoms with van der Waals surface area (Å²) in [4.78, 5) is 20.6. The number of hydrogen-bond acceptors (Lipinski definition) is 6. The van der Waals surface area contributed by atoms with E-state index in [1.165, 1.54) is 0 Å². The van der Waals surface area contributed by atoms with Crippen molar-refractivity contribution in [2.45, 2.75) is 0 Å². The predicted octanol–water partition coefficient (Wildman–Crippen LogP) is -2.56. The third kappa shape index (κ3) is 2.74. The van der Waals surface area contributed by atoms with Crippen LogP contribution >= 0.6 is 0 Å². The minimum atomic E-state index is -1.80. The van der Waals surface area contributed by atoms with E-state index in [9.17, 15) is 19.8 Å². The number of aromatic hydroxyl groups is 2. The Kier molecular flexibility index (Phi) is 4.37. The van der Waals surface area contributed by atoms with E-state index in [1.807, 2.05) is 0 Å². The Morgan fingerprint density at radius 2 is 1.40 bits per heavy atom. The van der Waals surface area contributed by atoms with Gasteiger partial charge < -0.3 is 30.0 Å². The Labute approximate surface area is 99.9 Å². The largest absolute Gasteiger partial charge is 2.00 e. The van der Waals surface area contributed by atoms with Crippen molar-refractivity contribution < 1.29 is 30.0 Å². The van der Waals surface area contributed by atoms with Gasteiger partial charge in [0.1, 0.15) is 11.5 Å². The van der Waals surface area contributed by atoms with E-state index in [-0.39, 0.29) is 23.1 Å². The molecule has 0 atom stereocenters. The van der Waals surface area contributed by atoms with E-state index in [0.29, 0.717) is 12.1 Å². The first-order chi connectivity index (χ1) is 6.43. The van der Waals surface area contributed by atoms with Crippen LogP contribution in [0.5, 0.6) is 11.5 Å². The third-order valence-corrected chi connectivity index (χ3v) is 1.54. The van der Waals surface area contributed by atoms with Gasteiger partial charge in [0.05, 0.1) is 17.5 Å². The number of phenols is 2. The molecule has 0 aliphatic rings. The van der Waals surface area contributed by atoms with Crippen molar-refractivity contribution in [3.63, 3.8) is 0 Å². The average molecular weight is 220 g/mol. The van der Waals surface area contributed by atoms with Crippen molar-refractivity contribution >= 4 is 35.0 Å². The number of rotatable bonds is 2. The SMILES string of the molecule is O=C([O-])c1cc(O)c(C(=O)[O-])c(O)c1.[Mg+2]. The van der Waals surface area contributed by atoms with Gasteiger partial charge in [0.25, 0.3) is 0 Å². The Hall–Kier alpha value is -1.47. The van der Waals surface area contributed by atoms with Crippen LogP contribution in [0.1, 0.15) is 20.7 Å². The zero-order valence-electron chi connectivity index (χ0n) is 7.39. The Bertz CT molecular complexity index is 391. The molecule has 0 radical (unpaired) electrons. The second-order valence-electron chi connectivity index (χ2n) is 2.46. The average Bonchev–Trinajstić information content (AvgIpc) is 2.01. The van der Waals surface area contributed by atoms with Crippen LogP contribution in [0.4, 0.5) is 0 Å². The van der Waals surface area contributed by atoms with Crippen LogP contribution in [0.15, 0.2) is 12.1 Å². The van der Waals surface area contributed by atoms with Crippen LogP contribution in [0, 0.1) is 0 Å². The first kappa shape index (κ1) is 13.5. The van der Waals surface area contributed by atoms with Gasteiger partial charge >= 0.3 is 23.1 Å². The standard InChI is InChI=1S/C8H6O6.Mg/c9-4-1-3(7(11)12)2-5(10)6(4)8(13)14;/h1-2,9-10H,(H,11,12)(H,13,14);/q;+2/p-2. The van der Waals surface area contributed by atoms with Crippen molar-refractivity contribution in [2.24, 2.45) is 0 Å². The van der Waals surface area contributed by atoms with Gasteiger partial charge in [-0.3, -0.25) is 0 Å². The summed E-state index contributed by atoms with van der Waals surface area (Å²) in [6.45, 7) is 0. The van der Waals surface area contributed by atoms with Crippen LogP contribution in [-0.4, -0.2) is 45.2 Å². The Morgan fingerprint density at radius 3 is 1.67 bits per heavy atom. The first-order valence-electron chi connectivity index (χ1n) is 3.42. The van der Waals surface area contributed by atoms with Gasteiger partial charge in [-0.1, -0.05) is 0 Å². The molecule has 0 bridgehead atoms. The second-order valence-corrected chi connectivity index (χ2v) is 2.46. The van der Waals surface area contributed by atoms with Gasteiger partial charge in [0, 0.05) is 5.56 Å². The summed E-state index contributed by atoms with van der Waals surface area (Å²) in [7, 11) is 0. The quantitative estimate of drug-likeness (QED) is 0.529. The number of benzene rings is 1. The molecule has 0 heterocycles. The normalized spacial score (nSPS) is 9.07. The molecule has 0 aliphatic heterocycles. The monoisotopic (exact) mass is 220 g/mol. The maximum absolute atomic E-state index is 10.3. The fourth-order valence-electron chi connectivity index (χ4n) is 0.939. The van der Waals surface area contributed by atoms with Crippen molar-refractivity contribution in [1.29, 1.82) is 0 Å². The number of carboxylic acid groups (broad SMARTS) is 2. The summed E-state index contributed by atoms with van der Waals surface area (Å²) >= 11 is 0. The van der Waals surface area contributed by atoms with Crippen LogP contribution in [0.3, 0.4) is 0 Å². The molecule has 2 N–H and O–H groups in total. The van der Waals surface area contributed by atoms with Gasteiger partial charge in [-0.25, -0.2) is 0 Å². The van der Waals surface area contributed by atoms with E-state index in [1.54, 1.807) is 0 Å². The molecule has 7 heteroatoms. The molecule has 0 unspecified atom stereocenters. The van der Waals surface area contributed by atoms with Gasteiger partial charge in [-0.05, 0) is 12.1 Å². The molecule has 74 valence electrons. The topological polar surface area (TPSA) is 121 Å². The van der Waals surface area contributed by atoms with Crippen molar-refractivity contribution in [3.05, 3.63) is 23.3 Å². The summed E-state index contributed by atoms with van der Waals surface area (Å²) in [5.74, 6) is -5.21. The molecular formula is C8H4MgO6. The molecule has 0 aromatic heterocycles. The molecule has 0 spiro atoms.